The number of methoxy groups -OCH3 is 1. The van der Waals surface area contributed by atoms with Crippen molar-refractivity contribution in [1.29, 1.82) is 0 Å². The molecule has 0 aromatic carbocycles. The number of amides is 1. The van der Waals surface area contributed by atoms with E-state index in [1.54, 1.807) is 6.92 Å². The molecule has 0 aromatic heterocycles. The number of hydrogen-bond acceptors (Lipinski definition) is 6. The van der Waals surface area contributed by atoms with Gasteiger partial charge in [0.25, 0.3) is 0 Å². The van der Waals surface area contributed by atoms with Gasteiger partial charge < -0.3 is 9.47 Å². The summed E-state index contributed by atoms with van der Waals surface area (Å²) in [6, 6.07) is 0. The molecule has 92 valence electrons. The van der Waals surface area contributed by atoms with E-state index in [1.807, 2.05) is 0 Å². The zero-order valence-corrected chi connectivity index (χ0v) is 10.2. The summed E-state index contributed by atoms with van der Waals surface area (Å²) in [6.45, 7) is 2.00. The van der Waals surface area contributed by atoms with Gasteiger partial charge in [-0.1, -0.05) is 0 Å². The summed E-state index contributed by atoms with van der Waals surface area (Å²) in [6.07, 6.45) is -0.0577. The molecule has 2 N–H and O–H groups in total. The van der Waals surface area contributed by atoms with Crippen LogP contribution in [0.25, 0.3) is 0 Å². The Balaban J connectivity index is 2.46. The van der Waals surface area contributed by atoms with E-state index in [0.29, 0.717) is 12.2 Å². The Bertz CT molecular complexity index is 274. The number of rotatable bonds is 3. The average molecular weight is 248 g/mol. The minimum atomic E-state index is -0.564. The normalized spacial score (nSPS) is 23.9. The minimum absolute atomic E-state index is 0.194. The minimum Gasteiger partial charge on any atom is -0.469 e. The highest BCUT2D eigenvalue weighted by Gasteiger charge is 2.35. The summed E-state index contributed by atoms with van der Waals surface area (Å²) in [5.74, 6) is 5.76. The zero-order chi connectivity index (χ0) is 12.1. The summed E-state index contributed by atoms with van der Waals surface area (Å²) in [7, 11) is 1.35. The summed E-state index contributed by atoms with van der Waals surface area (Å²) in [5.41, 5.74) is 0. The van der Waals surface area contributed by atoms with Gasteiger partial charge in [-0.05, 0) is 13.3 Å². The summed E-state index contributed by atoms with van der Waals surface area (Å²) in [4.78, 5) is 22.6. The molecule has 0 radical (unpaired) electrons. The molecule has 0 aromatic rings. The molecule has 0 spiro atoms. The lowest BCUT2D eigenvalue weighted by atomic mass is 10.1. The topological polar surface area (TPSA) is 81.9 Å². The zero-order valence-electron chi connectivity index (χ0n) is 9.34. The van der Waals surface area contributed by atoms with E-state index in [2.05, 4.69) is 4.74 Å². The van der Waals surface area contributed by atoms with E-state index in [0.717, 1.165) is 5.01 Å². The third-order valence-electron chi connectivity index (χ3n) is 2.30. The maximum Gasteiger partial charge on any atom is 0.425 e. The Morgan fingerprint density at radius 1 is 1.56 bits per heavy atom. The van der Waals surface area contributed by atoms with Gasteiger partial charge in [-0.2, -0.15) is 0 Å². The Kier molecular flexibility index (Phi) is 4.88. The van der Waals surface area contributed by atoms with Gasteiger partial charge in [-0.25, -0.2) is 15.6 Å². The summed E-state index contributed by atoms with van der Waals surface area (Å²) < 4.78 is 9.41. The van der Waals surface area contributed by atoms with Crippen LogP contribution in [0, 0.1) is 5.92 Å². The Hall–Kier alpha value is -0.950. The number of hydrogen-bond donors (Lipinski definition) is 1. The first-order chi connectivity index (χ1) is 7.60. The van der Waals surface area contributed by atoms with Gasteiger partial charge in [0.15, 0.2) is 0 Å². The van der Waals surface area contributed by atoms with Crippen molar-refractivity contribution in [2.45, 2.75) is 18.7 Å². The molecule has 1 aliphatic heterocycles. The predicted octanol–water partition coefficient (Wildman–Crippen LogP) is 0.571. The van der Waals surface area contributed by atoms with Crippen LogP contribution in [0.15, 0.2) is 0 Å². The van der Waals surface area contributed by atoms with Gasteiger partial charge >= 0.3 is 12.1 Å². The number of nitrogens with zero attached hydrogens (tertiary/aromatic N) is 1. The average Bonchev–Trinajstić information content (AvgIpc) is 2.76. The molecule has 2 unspecified atom stereocenters. The van der Waals surface area contributed by atoms with E-state index >= 15 is 0 Å². The number of carbonyl (C=O) groups is 2. The lowest BCUT2D eigenvalue weighted by molar-refractivity contribution is -0.144. The van der Waals surface area contributed by atoms with Crippen LogP contribution in [-0.2, 0) is 14.3 Å². The summed E-state index contributed by atoms with van der Waals surface area (Å²) >= 11 is 1.46. The van der Waals surface area contributed by atoms with Crippen molar-refractivity contribution in [2.75, 3.05) is 19.5 Å². The van der Waals surface area contributed by atoms with Gasteiger partial charge in [0.2, 0.25) is 0 Å². The van der Waals surface area contributed by atoms with Crippen molar-refractivity contribution in [3.8, 4) is 0 Å². The highest BCUT2D eigenvalue weighted by molar-refractivity contribution is 8.00. The number of hydrazine groups is 1. The highest BCUT2D eigenvalue weighted by Crippen LogP contribution is 2.33. The number of carbonyl (C=O) groups excluding carboxylic acids is 2. The van der Waals surface area contributed by atoms with Gasteiger partial charge in [0.1, 0.15) is 0 Å². The smallest absolute Gasteiger partial charge is 0.425 e. The van der Waals surface area contributed by atoms with Crippen molar-refractivity contribution in [3.63, 3.8) is 0 Å². The number of ether oxygens (including phenoxy) is 2. The second-order valence-electron chi connectivity index (χ2n) is 3.35. The van der Waals surface area contributed by atoms with Crippen LogP contribution >= 0.6 is 11.8 Å². The molecule has 0 bridgehead atoms. The number of nitrogens with two attached hydrogens (primary N) is 1. The Labute approximate surface area is 98.4 Å². The van der Waals surface area contributed by atoms with E-state index in [-0.39, 0.29) is 23.9 Å². The maximum absolute atomic E-state index is 11.3. The molecule has 0 aliphatic carbocycles. The van der Waals surface area contributed by atoms with Crippen LogP contribution in [-0.4, -0.2) is 41.9 Å². The van der Waals surface area contributed by atoms with Gasteiger partial charge in [-0.15, -0.1) is 11.8 Å². The third-order valence-corrected chi connectivity index (χ3v) is 3.70. The van der Waals surface area contributed by atoms with Crippen LogP contribution in [0.1, 0.15) is 13.3 Å². The molecule has 1 rings (SSSR count). The highest BCUT2D eigenvalue weighted by atomic mass is 32.2. The van der Waals surface area contributed by atoms with Crippen LogP contribution in [0.4, 0.5) is 4.79 Å². The van der Waals surface area contributed by atoms with E-state index in [9.17, 15) is 9.59 Å². The molecule has 1 amide bonds. The van der Waals surface area contributed by atoms with Crippen molar-refractivity contribution in [2.24, 2.45) is 11.8 Å². The first kappa shape index (κ1) is 13.1. The second-order valence-corrected chi connectivity index (χ2v) is 4.56. The molecule has 0 saturated carbocycles. The Morgan fingerprint density at radius 2 is 2.25 bits per heavy atom. The lowest BCUT2D eigenvalue weighted by Crippen LogP contribution is -2.43. The van der Waals surface area contributed by atoms with Crippen molar-refractivity contribution < 1.29 is 19.1 Å². The molecular weight excluding hydrogens is 232 g/mol. The molecule has 1 fully saturated rings. The maximum atomic E-state index is 11.3. The van der Waals surface area contributed by atoms with Crippen LogP contribution in [0.5, 0.6) is 0 Å². The van der Waals surface area contributed by atoms with E-state index in [1.165, 1.54) is 18.9 Å². The number of esters is 1. The molecule has 1 heterocycles. The fraction of sp³-hybridized carbons (Fsp3) is 0.778. The van der Waals surface area contributed by atoms with Crippen LogP contribution in [0.2, 0.25) is 0 Å². The lowest BCUT2D eigenvalue weighted by Gasteiger charge is -2.21. The molecule has 7 heteroatoms. The monoisotopic (exact) mass is 248 g/mol. The third kappa shape index (κ3) is 3.02. The molecule has 1 saturated heterocycles. The van der Waals surface area contributed by atoms with Gasteiger partial charge in [-0.3, -0.25) is 4.79 Å². The Morgan fingerprint density at radius 3 is 2.81 bits per heavy atom. The molecule has 16 heavy (non-hydrogen) atoms. The molecular formula is C9H16N2O4S. The SMILES string of the molecule is CCOC(=O)N(N)C1CC(C(=O)OC)CS1. The van der Waals surface area contributed by atoms with Crippen LogP contribution in [0.3, 0.4) is 0 Å². The second kappa shape index (κ2) is 5.95. The van der Waals surface area contributed by atoms with Crippen molar-refractivity contribution in [3.05, 3.63) is 0 Å². The fourth-order valence-corrected chi connectivity index (χ4v) is 2.79. The quantitative estimate of drug-likeness (QED) is 0.340. The van der Waals surface area contributed by atoms with E-state index < -0.39 is 6.09 Å². The number of thioether (sulfide) groups is 1. The standard InChI is InChI=1S/C9H16N2O4S/c1-3-15-9(13)11(10)7-4-6(5-16-7)8(12)14-2/h6-7H,3-5,10H2,1-2H3. The first-order valence-electron chi connectivity index (χ1n) is 5.00. The van der Waals surface area contributed by atoms with E-state index in [4.69, 9.17) is 10.6 Å². The molecule has 1 aliphatic rings. The predicted molar refractivity (Wildman–Crippen MR) is 59.4 cm³/mol. The van der Waals surface area contributed by atoms with Gasteiger partial charge in [0, 0.05) is 5.75 Å². The van der Waals surface area contributed by atoms with Crippen LogP contribution < -0.4 is 5.84 Å². The summed E-state index contributed by atoms with van der Waals surface area (Å²) in [5, 5.41) is 0.819. The molecule has 6 nitrogen and oxygen atoms in total. The first-order valence-corrected chi connectivity index (χ1v) is 6.05. The molecule has 2 atom stereocenters. The van der Waals surface area contributed by atoms with Gasteiger partial charge in [0.05, 0.1) is 25.0 Å². The van der Waals surface area contributed by atoms with Crippen molar-refractivity contribution >= 4 is 23.8 Å². The fourth-order valence-electron chi connectivity index (χ4n) is 1.45. The van der Waals surface area contributed by atoms with Crippen molar-refractivity contribution in [1.82, 2.24) is 5.01 Å². The largest absolute Gasteiger partial charge is 0.469 e.